The molecule has 2 aromatic carbocycles. The lowest BCUT2D eigenvalue weighted by atomic mass is 10.1. The Hall–Kier alpha value is -3.75. The molecule has 1 saturated heterocycles. The average molecular weight is 408 g/mol. The van der Waals surface area contributed by atoms with E-state index >= 15 is 0 Å². The maximum absolute atomic E-state index is 13.1. The number of hydrogen-bond donors (Lipinski definition) is 0. The molecule has 0 bridgehead atoms. The summed E-state index contributed by atoms with van der Waals surface area (Å²) in [5.74, 6) is 1.22. The van der Waals surface area contributed by atoms with Crippen LogP contribution in [0.4, 0.5) is 5.69 Å². The highest BCUT2D eigenvalue weighted by atomic mass is 16.6. The molecule has 0 N–H and O–H groups in total. The molecule has 154 valence electrons. The van der Waals surface area contributed by atoms with Crippen LogP contribution in [-0.4, -0.2) is 39.5 Å². The van der Waals surface area contributed by atoms with Crippen molar-refractivity contribution in [3.63, 3.8) is 0 Å². The smallest absolute Gasteiger partial charge is 0.273 e. The molecule has 9 heteroatoms. The van der Waals surface area contributed by atoms with Gasteiger partial charge in [-0.25, -0.2) is 0 Å². The fraction of sp³-hybridized carbons (Fsp3) is 0.286. The van der Waals surface area contributed by atoms with Gasteiger partial charge in [-0.2, -0.15) is 4.98 Å². The van der Waals surface area contributed by atoms with Crippen LogP contribution in [0.1, 0.15) is 40.7 Å². The fourth-order valence-corrected chi connectivity index (χ4v) is 3.60. The van der Waals surface area contributed by atoms with Crippen molar-refractivity contribution in [2.75, 3.05) is 13.7 Å². The zero-order chi connectivity index (χ0) is 21.3. The van der Waals surface area contributed by atoms with Crippen LogP contribution in [0.2, 0.25) is 0 Å². The fourth-order valence-electron chi connectivity index (χ4n) is 3.60. The topological polar surface area (TPSA) is 112 Å². The summed E-state index contributed by atoms with van der Waals surface area (Å²) in [7, 11) is 1.59. The van der Waals surface area contributed by atoms with Gasteiger partial charge in [0.15, 0.2) is 0 Å². The quantitative estimate of drug-likeness (QED) is 0.464. The van der Waals surface area contributed by atoms with Crippen LogP contribution in [0.5, 0.6) is 5.75 Å². The van der Waals surface area contributed by atoms with E-state index in [0.29, 0.717) is 30.2 Å². The van der Waals surface area contributed by atoms with Gasteiger partial charge in [-0.15, -0.1) is 0 Å². The Kier molecular flexibility index (Phi) is 5.18. The number of hydrogen-bond acceptors (Lipinski definition) is 7. The molecule has 1 aliphatic heterocycles. The number of rotatable bonds is 5. The summed E-state index contributed by atoms with van der Waals surface area (Å²) >= 11 is 0. The first kappa shape index (κ1) is 19.6. The summed E-state index contributed by atoms with van der Waals surface area (Å²) in [5, 5.41) is 15.3. The molecule has 0 spiro atoms. The minimum atomic E-state index is -0.479. The molecular formula is C21H20N4O5. The Morgan fingerprint density at radius 3 is 2.73 bits per heavy atom. The number of nitro groups is 1. The van der Waals surface area contributed by atoms with E-state index in [-0.39, 0.29) is 23.2 Å². The van der Waals surface area contributed by atoms with Crippen LogP contribution in [0.3, 0.4) is 0 Å². The number of likely N-dealkylation sites (tertiary alicyclic amines) is 1. The molecule has 3 aromatic rings. The van der Waals surface area contributed by atoms with Gasteiger partial charge in [0, 0.05) is 29.3 Å². The van der Waals surface area contributed by atoms with Crippen molar-refractivity contribution in [1.29, 1.82) is 0 Å². The largest absolute Gasteiger partial charge is 0.497 e. The molecule has 4 rings (SSSR count). The van der Waals surface area contributed by atoms with Crippen molar-refractivity contribution in [2.24, 2.45) is 0 Å². The Morgan fingerprint density at radius 2 is 2.03 bits per heavy atom. The normalized spacial score (nSPS) is 15.9. The Balaban J connectivity index is 1.58. The van der Waals surface area contributed by atoms with Gasteiger partial charge >= 0.3 is 0 Å². The number of methoxy groups -OCH3 is 1. The number of carbonyl (C=O) groups is 1. The van der Waals surface area contributed by atoms with E-state index in [1.54, 1.807) is 43.2 Å². The first-order valence-corrected chi connectivity index (χ1v) is 9.52. The molecule has 1 fully saturated rings. The van der Waals surface area contributed by atoms with E-state index in [9.17, 15) is 14.9 Å². The third-order valence-electron chi connectivity index (χ3n) is 5.24. The van der Waals surface area contributed by atoms with Crippen molar-refractivity contribution in [3.8, 4) is 17.1 Å². The van der Waals surface area contributed by atoms with Crippen molar-refractivity contribution in [3.05, 3.63) is 69.6 Å². The van der Waals surface area contributed by atoms with Gasteiger partial charge < -0.3 is 14.2 Å². The number of carbonyl (C=O) groups excluding carboxylic acids is 1. The molecule has 1 amide bonds. The minimum absolute atomic E-state index is 0.0730. The van der Waals surface area contributed by atoms with E-state index in [0.717, 1.165) is 17.7 Å². The highest BCUT2D eigenvalue weighted by Crippen LogP contribution is 2.34. The second kappa shape index (κ2) is 7.94. The van der Waals surface area contributed by atoms with Gasteiger partial charge in [0.2, 0.25) is 11.7 Å². The Bertz CT molecular complexity index is 1090. The molecule has 1 aliphatic rings. The van der Waals surface area contributed by atoms with Gasteiger partial charge in [0.1, 0.15) is 11.8 Å². The van der Waals surface area contributed by atoms with Crippen LogP contribution in [0.15, 0.2) is 47.0 Å². The number of benzene rings is 2. The second-order valence-corrected chi connectivity index (χ2v) is 7.10. The van der Waals surface area contributed by atoms with Crippen LogP contribution in [0, 0.1) is 17.0 Å². The molecule has 0 radical (unpaired) electrons. The third kappa shape index (κ3) is 3.61. The van der Waals surface area contributed by atoms with Crippen molar-refractivity contribution in [1.82, 2.24) is 15.0 Å². The lowest BCUT2D eigenvalue weighted by molar-refractivity contribution is -0.385. The number of nitrogens with zero attached hydrogens (tertiary/aromatic N) is 4. The van der Waals surface area contributed by atoms with E-state index in [2.05, 4.69) is 10.1 Å². The van der Waals surface area contributed by atoms with E-state index in [4.69, 9.17) is 9.26 Å². The van der Waals surface area contributed by atoms with Crippen LogP contribution >= 0.6 is 0 Å². The molecule has 1 atom stereocenters. The monoisotopic (exact) mass is 408 g/mol. The van der Waals surface area contributed by atoms with Gasteiger partial charge in [0.05, 0.1) is 12.0 Å². The first-order chi connectivity index (χ1) is 14.5. The summed E-state index contributed by atoms with van der Waals surface area (Å²) in [4.78, 5) is 29.9. The van der Waals surface area contributed by atoms with E-state index in [1.807, 2.05) is 12.1 Å². The van der Waals surface area contributed by atoms with Crippen molar-refractivity contribution < 1.29 is 19.0 Å². The van der Waals surface area contributed by atoms with E-state index < -0.39 is 4.92 Å². The maximum atomic E-state index is 13.1. The van der Waals surface area contributed by atoms with Crippen molar-refractivity contribution in [2.45, 2.75) is 25.8 Å². The molecule has 9 nitrogen and oxygen atoms in total. The predicted molar refractivity (Wildman–Crippen MR) is 107 cm³/mol. The van der Waals surface area contributed by atoms with Gasteiger partial charge in [-0.3, -0.25) is 14.9 Å². The summed E-state index contributed by atoms with van der Waals surface area (Å²) in [6.07, 6.45) is 1.47. The second-order valence-electron chi connectivity index (χ2n) is 7.10. The third-order valence-corrected chi connectivity index (χ3v) is 5.24. The number of ether oxygens (including phenoxy) is 1. The summed E-state index contributed by atoms with van der Waals surface area (Å²) in [6.45, 7) is 2.16. The Morgan fingerprint density at radius 1 is 1.27 bits per heavy atom. The summed E-state index contributed by atoms with van der Waals surface area (Å²) in [6, 6.07) is 11.4. The van der Waals surface area contributed by atoms with Crippen LogP contribution in [-0.2, 0) is 0 Å². The standard InChI is InChI=1S/C21H20N4O5/c1-13-5-6-15(12-18(13)25(27)28)21(26)24-11-3-4-17(24)20-22-19(23-30-20)14-7-9-16(29-2)10-8-14/h5-10,12,17H,3-4,11H2,1-2H3. The number of nitro benzene ring substituents is 1. The Labute approximate surface area is 172 Å². The summed E-state index contributed by atoms with van der Waals surface area (Å²) < 4.78 is 10.6. The van der Waals surface area contributed by atoms with Crippen LogP contribution in [0.25, 0.3) is 11.4 Å². The van der Waals surface area contributed by atoms with Gasteiger partial charge in [-0.05, 0) is 50.1 Å². The highest BCUT2D eigenvalue weighted by molar-refractivity contribution is 5.95. The van der Waals surface area contributed by atoms with E-state index in [1.165, 1.54) is 6.07 Å². The number of aryl methyl sites for hydroxylation is 1. The first-order valence-electron chi connectivity index (χ1n) is 9.52. The lowest BCUT2D eigenvalue weighted by Gasteiger charge is -2.22. The van der Waals surface area contributed by atoms with Gasteiger partial charge in [0.25, 0.3) is 11.6 Å². The molecule has 2 heterocycles. The minimum Gasteiger partial charge on any atom is -0.497 e. The predicted octanol–water partition coefficient (Wildman–Crippen LogP) is 3.94. The molecule has 0 saturated carbocycles. The van der Waals surface area contributed by atoms with Gasteiger partial charge in [-0.1, -0.05) is 11.2 Å². The number of aromatic nitrogens is 2. The molecule has 1 aromatic heterocycles. The van der Waals surface area contributed by atoms with Crippen molar-refractivity contribution >= 4 is 11.6 Å². The van der Waals surface area contributed by atoms with Crippen LogP contribution < -0.4 is 4.74 Å². The molecule has 0 aliphatic carbocycles. The zero-order valence-electron chi connectivity index (χ0n) is 16.6. The average Bonchev–Trinajstić information content (AvgIpc) is 3.43. The maximum Gasteiger partial charge on any atom is 0.273 e. The number of amides is 1. The SMILES string of the molecule is COc1ccc(-c2noc(C3CCCN3C(=O)c3ccc(C)c([N+](=O)[O-])c3)n2)cc1. The molecule has 30 heavy (non-hydrogen) atoms. The molecular weight excluding hydrogens is 388 g/mol. The highest BCUT2D eigenvalue weighted by Gasteiger charge is 2.35. The summed E-state index contributed by atoms with van der Waals surface area (Å²) in [5.41, 5.74) is 1.48. The lowest BCUT2D eigenvalue weighted by Crippen LogP contribution is -2.30. The zero-order valence-corrected chi connectivity index (χ0v) is 16.6. The molecule has 1 unspecified atom stereocenters.